The van der Waals surface area contributed by atoms with Crippen LogP contribution in [0.3, 0.4) is 0 Å². The third kappa shape index (κ3) is 8.56. The SMILES string of the molecule is CCCCCCCCCCCCc1c(O)cc(CC(C)C)oc1=O. The molecule has 1 heterocycles. The number of hydrogen-bond acceptors (Lipinski definition) is 3. The summed E-state index contributed by atoms with van der Waals surface area (Å²) < 4.78 is 5.33. The van der Waals surface area contributed by atoms with E-state index in [2.05, 4.69) is 20.8 Å². The Morgan fingerprint density at radius 2 is 1.50 bits per heavy atom. The predicted octanol–water partition coefficient (Wildman–Crippen LogP) is 6.01. The van der Waals surface area contributed by atoms with Crippen molar-refractivity contribution in [2.75, 3.05) is 0 Å². The fourth-order valence-electron chi connectivity index (χ4n) is 3.08. The molecule has 24 heavy (non-hydrogen) atoms. The second-order valence-corrected chi connectivity index (χ2v) is 7.39. The van der Waals surface area contributed by atoms with E-state index >= 15 is 0 Å². The van der Waals surface area contributed by atoms with E-state index in [0.717, 1.165) is 12.8 Å². The van der Waals surface area contributed by atoms with Crippen LogP contribution in [-0.4, -0.2) is 5.11 Å². The normalized spacial score (nSPS) is 11.3. The van der Waals surface area contributed by atoms with E-state index in [1.54, 1.807) is 6.07 Å². The minimum atomic E-state index is -0.360. The molecule has 1 rings (SSSR count). The fourth-order valence-corrected chi connectivity index (χ4v) is 3.08. The highest BCUT2D eigenvalue weighted by molar-refractivity contribution is 5.30. The lowest BCUT2D eigenvalue weighted by Gasteiger charge is -2.07. The van der Waals surface area contributed by atoms with Crippen molar-refractivity contribution >= 4 is 0 Å². The molecule has 138 valence electrons. The number of hydrogen-bond donors (Lipinski definition) is 1. The summed E-state index contributed by atoms with van der Waals surface area (Å²) in [6, 6.07) is 1.62. The van der Waals surface area contributed by atoms with Crippen LogP contribution in [-0.2, 0) is 12.8 Å². The molecule has 0 saturated carbocycles. The molecule has 0 unspecified atom stereocenters. The van der Waals surface area contributed by atoms with Gasteiger partial charge in [-0.15, -0.1) is 0 Å². The lowest BCUT2D eigenvalue weighted by molar-refractivity contribution is 0.396. The first-order chi connectivity index (χ1) is 11.5. The summed E-state index contributed by atoms with van der Waals surface area (Å²) in [5.41, 5.74) is 0.0867. The average Bonchev–Trinajstić information content (AvgIpc) is 2.50. The van der Waals surface area contributed by atoms with Crippen LogP contribution >= 0.6 is 0 Å². The minimum Gasteiger partial charge on any atom is -0.507 e. The number of rotatable bonds is 13. The Balaban J connectivity index is 2.22. The van der Waals surface area contributed by atoms with Gasteiger partial charge in [-0.1, -0.05) is 78.6 Å². The summed E-state index contributed by atoms with van der Waals surface area (Å²) in [5, 5.41) is 10.1. The zero-order chi connectivity index (χ0) is 17.8. The van der Waals surface area contributed by atoms with Crippen molar-refractivity contribution in [3.63, 3.8) is 0 Å². The van der Waals surface area contributed by atoms with Crippen LogP contribution in [0.4, 0.5) is 0 Å². The predicted molar refractivity (Wildman–Crippen MR) is 101 cm³/mol. The molecule has 0 spiro atoms. The van der Waals surface area contributed by atoms with Gasteiger partial charge in [0, 0.05) is 12.5 Å². The maximum absolute atomic E-state index is 12.0. The highest BCUT2D eigenvalue weighted by Crippen LogP contribution is 2.20. The molecule has 0 amide bonds. The third-order valence-electron chi connectivity index (χ3n) is 4.47. The zero-order valence-electron chi connectivity index (χ0n) is 15.9. The Labute approximate surface area is 147 Å². The summed E-state index contributed by atoms with van der Waals surface area (Å²) >= 11 is 0. The molecule has 0 aliphatic heterocycles. The van der Waals surface area contributed by atoms with Gasteiger partial charge in [-0.05, 0) is 18.8 Å². The van der Waals surface area contributed by atoms with Crippen molar-refractivity contribution in [1.29, 1.82) is 0 Å². The van der Waals surface area contributed by atoms with E-state index in [-0.39, 0.29) is 11.4 Å². The zero-order valence-corrected chi connectivity index (χ0v) is 15.9. The molecule has 0 bridgehead atoms. The molecule has 1 aromatic heterocycles. The van der Waals surface area contributed by atoms with Gasteiger partial charge in [0.15, 0.2) is 0 Å². The first kappa shape index (κ1) is 20.8. The Hall–Kier alpha value is -1.25. The van der Waals surface area contributed by atoms with Gasteiger partial charge < -0.3 is 9.52 Å². The Bertz CT molecular complexity index is 502. The van der Waals surface area contributed by atoms with Gasteiger partial charge in [0.05, 0.1) is 5.56 Å². The lowest BCUT2D eigenvalue weighted by atomic mass is 10.0. The van der Waals surface area contributed by atoms with E-state index in [9.17, 15) is 9.90 Å². The Morgan fingerprint density at radius 1 is 0.958 bits per heavy atom. The average molecular weight is 337 g/mol. The lowest BCUT2D eigenvalue weighted by Crippen LogP contribution is -2.10. The molecule has 3 heteroatoms. The second kappa shape index (κ2) is 12.2. The first-order valence-corrected chi connectivity index (χ1v) is 9.89. The molecule has 3 nitrogen and oxygen atoms in total. The molecule has 0 aliphatic rings. The standard InChI is InChI=1S/C21H36O3/c1-4-5-6-7-8-9-10-11-12-13-14-19-20(22)16-18(15-17(2)3)24-21(19)23/h16-17,22H,4-15H2,1-3H3. The van der Waals surface area contributed by atoms with Crippen LogP contribution in [0.2, 0.25) is 0 Å². The minimum absolute atomic E-state index is 0.109. The maximum atomic E-state index is 12.0. The highest BCUT2D eigenvalue weighted by atomic mass is 16.4. The van der Waals surface area contributed by atoms with Gasteiger partial charge >= 0.3 is 5.63 Å². The molecular formula is C21H36O3. The quantitative estimate of drug-likeness (QED) is 0.449. The van der Waals surface area contributed by atoms with Crippen molar-refractivity contribution in [2.24, 2.45) is 5.92 Å². The summed E-state index contributed by atoms with van der Waals surface area (Å²) in [7, 11) is 0. The molecule has 0 radical (unpaired) electrons. The van der Waals surface area contributed by atoms with Crippen molar-refractivity contribution in [3.8, 4) is 5.75 Å². The monoisotopic (exact) mass is 336 g/mol. The van der Waals surface area contributed by atoms with E-state index in [1.165, 1.54) is 51.4 Å². The maximum Gasteiger partial charge on any atom is 0.342 e. The fraction of sp³-hybridized carbons (Fsp3) is 0.762. The molecule has 0 aliphatic carbocycles. The van der Waals surface area contributed by atoms with Crippen LogP contribution < -0.4 is 5.63 Å². The summed E-state index contributed by atoms with van der Waals surface area (Å²) in [5.74, 6) is 1.09. The molecule has 1 N–H and O–H groups in total. The van der Waals surface area contributed by atoms with E-state index in [4.69, 9.17) is 4.42 Å². The number of aromatic hydroxyl groups is 1. The highest BCUT2D eigenvalue weighted by Gasteiger charge is 2.11. The third-order valence-corrected chi connectivity index (χ3v) is 4.47. The van der Waals surface area contributed by atoms with Crippen molar-refractivity contribution in [3.05, 3.63) is 27.8 Å². The molecule has 0 aromatic carbocycles. The molecule has 0 fully saturated rings. The van der Waals surface area contributed by atoms with Crippen molar-refractivity contribution in [2.45, 2.75) is 97.8 Å². The van der Waals surface area contributed by atoms with Crippen molar-refractivity contribution < 1.29 is 9.52 Å². The molecule has 0 saturated heterocycles. The largest absolute Gasteiger partial charge is 0.507 e. The smallest absolute Gasteiger partial charge is 0.342 e. The summed E-state index contributed by atoms with van der Waals surface area (Å²) in [4.78, 5) is 12.0. The Morgan fingerprint density at radius 3 is 2.00 bits per heavy atom. The van der Waals surface area contributed by atoms with E-state index < -0.39 is 0 Å². The first-order valence-electron chi connectivity index (χ1n) is 9.89. The van der Waals surface area contributed by atoms with Gasteiger partial charge in [0.1, 0.15) is 11.5 Å². The molecular weight excluding hydrogens is 300 g/mol. The second-order valence-electron chi connectivity index (χ2n) is 7.39. The van der Waals surface area contributed by atoms with Crippen LogP contribution in [0.1, 0.15) is 96.3 Å². The van der Waals surface area contributed by atoms with Crippen LogP contribution in [0.5, 0.6) is 5.75 Å². The van der Waals surface area contributed by atoms with E-state index in [0.29, 0.717) is 30.1 Å². The van der Waals surface area contributed by atoms with Gasteiger partial charge in [-0.25, -0.2) is 4.79 Å². The van der Waals surface area contributed by atoms with Gasteiger partial charge in [0.25, 0.3) is 0 Å². The van der Waals surface area contributed by atoms with Gasteiger partial charge in [0.2, 0.25) is 0 Å². The summed E-state index contributed by atoms with van der Waals surface area (Å²) in [6.07, 6.45) is 13.9. The summed E-state index contributed by atoms with van der Waals surface area (Å²) in [6.45, 7) is 6.37. The molecule has 1 aromatic rings. The Kier molecular flexibility index (Phi) is 10.5. The number of unbranched alkanes of at least 4 members (excludes halogenated alkanes) is 9. The molecule has 0 atom stereocenters. The topological polar surface area (TPSA) is 50.4 Å². The van der Waals surface area contributed by atoms with Crippen LogP contribution in [0.25, 0.3) is 0 Å². The van der Waals surface area contributed by atoms with E-state index in [1.807, 2.05) is 0 Å². The van der Waals surface area contributed by atoms with Gasteiger partial charge in [-0.3, -0.25) is 0 Å². The van der Waals surface area contributed by atoms with Gasteiger partial charge in [-0.2, -0.15) is 0 Å². The van der Waals surface area contributed by atoms with Crippen LogP contribution in [0.15, 0.2) is 15.3 Å². The van der Waals surface area contributed by atoms with Crippen molar-refractivity contribution in [1.82, 2.24) is 0 Å². The van der Waals surface area contributed by atoms with Crippen LogP contribution in [0, 0.1) is 5.92 Å².